The van der Waals surface area contributed by atoms with Gasteiger partial charge in [0.1, 0.15) is 0 Å². The Balaban J connectivity index is 1.82. The van der Waals surface area contributed by atoms with E-state index in [0.29, 0.717) is 11.3 Å². The maximum atomic E-state index is 12.3. The zero-order valence-corrected chi connectivity index (χ0v) is 13.0. The molecule has 0 aliphatic heterocycles. The molecule has 0 unspecified atom stereocenters. The number of benzene rings is 2. The second kappa shape index (κ2) is 6.14. The van der Waals surface area contributed by atoms with Crippen molar-refractivity contribution in [2.45, 2.75) is 0 Å². The Labute approximate surface area is 137 Å². The Morgan fingerprint density at radius 3 is 2.70 bits per heavy atom. The lowest BCUT2D eigenvalue weighted by Crippen LogP contribution is -2.12. The van der Waals surface area contributed by atoms with E-state index in [2.05, 4.69) is 15.0 Å². The molecule has 0 saturated carbocycles. The third-order valence-electron chi connectivity index (χ3n) is 3.45. The summed E-state index contributed by atoms with van der Waals surface area (Å²) in [6.45, 7) is 0. The van der Waals surface area contributed by atoms with Crippen LogP contribution in [-0.2, 0) is 4.74 Å². The van der Waals surface area contributed by atoms with Gasteiger partial charge in [-0.2, -0.15) is 0 Å². The van der Waals surface area contributed by atoms with E-state index in [4.69, 9.17) is 11.6 Å². The van der Waals surface area contributed by atoms with Crippen LogP contribution in [0.4, 0.5) is 5.69 Å². The first-order valence-corrected chi connectivity index (χ1v) is 7.22. The lowest BCUT2D eigenvalue weighted by Gasteiger charge is -2.08. The number of H-pyrrole nitrogens is 1. The molecule has 0 aliphatic rings. The van der Waals surface area contributed by atoms with Crippen molar-refractivity contribution in [1.82, 2.24) is 4.98 Å². The average Bonchev–Trinajstić information content (AvgIpc) is 3.01. The summed E-state index contributed by atoms with van der Waals surface area (Å²) in [6, 6.07) is 11.9. The molecule has 2 aromatic carbocycles. The van der Waals surface area contributed by atoms with Crippen LogP contribution in [0.1, 0.15) is 20.7 Å². The first-order valence-electron chi connectivity index (χ1n) is 6.85. The minimum absolute atomic E-state index is 0.217. The van der Waals surface area contributed by atoms with E-state index in [-0.39, 0.29) is 16.5 Å². The fourth-order valence-electron chi connectivity index (χ4n) is 2.26. The summed E-state index contributed by atoms with van der Waals surface area (Å²) >= 11 is 6.04. The predicted octanol–water partition coefficient (Wildman–Crippen LogP) is 3.86. The van der Waals surface area contributed by atoms with Gasteiger partial charge in [0.25, 0.3) is 5.91 Å². The molecule has 23 heavy (non-hydrogen) atoms. The maximum Gasteiger partial charge on any atom is 0.339 e. The van der Waals surface area contributed by atoms with E-state index >= 15 is 0 Å². The van der Waals surface area contributed by atoms with Crippen LogP contribution in [0, 0.1) is 0 Å². The van der Waals surface area contributed by atoms with Crippen LogP contribution >= 0.6 is 11.6 Å². The fraction of sp³-hybridized carbons (Fsp3) is 0.0588. The number of halogens is 1. The molecule has 0 aliphatic carbocycles. The van der Waals surface area contributed by atoms with Gasteiger partial charge in [0.05, 0.1) is 17.7 Å². The van der Waals surface area contributed by atoms with Crippen molar-refractivity contribution in [3.05, 3.63) is 64.8 Å². The van der Waals surface area contributed by atoms with Gasteiger partial charge in [-0.1, -0.05) is 17.7 Å². The average molecular weight is 329 g/mol. The molecule has 3 rings (SSSR count). The van der Waals surface area contributed by atoms with Gasteiger partial charge in [-0.3, -0.25) is 4.79 Å². The summed E-state index contributed by atoms with van der Waals surface area (Å²) in [6.07, 6.45) is 1.82. The van der Waals surface area contributed by atoms with Gasteiger partial charge < -0.3 is 15.0 Å². The number of aromatic nitrogens is 1. The smallest absolute Gasteiger partial charge is 0.339 e. The predicted molar refractivity (Wildman–Crippen MR) is 89.0 cm³/mol. The minimum Gasteiger partial charge on any atom is -0.465 e. The highest BCUT2D eigenvalue weighted by Crippen LogP contribution is 2.22. The first kappa shape index (κ1) is 15.1. The SMILES string of the molecule is COC(=O)c1ccc(NC(=O)c2ccc3cc[nH]c3c2)cc1Cl. The number of amides is 1. The Morgan fingerprint density at radius 1 is 1.13 bits per heavy atom. The number of hydrogen-bond donors (Lipinski definition) is 2. The lowest BCUT2D eigenvalue weighted by molar-refractivity contribution is 0.0601. The van der Waals surface area contributed by atoms with E-state index < -0.39 is 5.97 Å². The van der Waals surface area contributed by atoms with Crippen molar-refractivity contribution in [1.29, 1.82) is 0 Å². The van der Waals surface area contributed by atoms with Crippen LogP contribution in [0.5, 0.6) is 0 Å². The van der Waals surface area contributed by atoms with Gasteiger partial charge in [0, 0.05) is 23.0 Å². The molecule has 0 saturated heterocycles. The molecule has 0 spiro atoms. The number of ether oxygens (including phenoxy) is 1. The van der Waals surface area contributed by atoms with Crippen molar-refractivity contribution in [2.24, 2.45) is 0 Å². The van der Waals surface area contributed by atoms with Crippen LogP contribution in [0.2, 0.25) is 5.02 Å². The Kier molecular flexibility index (Phi) is 4.04. The molecule has 1 aromatic heterocycles. The maximum absolute atomic E-state index is 12.3. The molecule has 1 amide bonds. The number of carbonyl (C=O) groups excluding carboxylic acids is 2. The zero-order valence-electron chi connectivity index (χ0n) is 12.2. The second-order valence-corrected chi connectivity index (χ2v) is 5.33. The Hall–Kier alpha value is -2.79. The van der Waals surface area contributed by atoms with E-state index in [1.54, 1.807) is 18.2 Å². The van der Waals surface area contributed by atoms with Crippen molar-refractivity contribution in [3.63, 3.8) is 0 Å². The third kappa shape index (κ3) is 3.05. The summed E-state index contributed by atoms with van der Waals surface area (Å²) in [5.41, 5.74) is 2.16. The topological polar surface area (TPSA) is 71.2 Å². The number of methoxy groups -OCH3 is 1. The van der Waals surface area contributed by atoms with Gasteiger partial charge in [0.15, 0.2) is 0 Å². The quantitative estimate of drug-likeness (QED) is 0.717. The van der Waals surface area contributed by atoms with Crippen molar-refractivity contribution in [2.75, 3.05) is 12.4 Å². The summed E-state index contributed by atoms with van der Waals surface area (Å²) < 4.78 is 4.63. The molecule has 116 valence electrons. The summed E-state index contributed by atoms with van der Waals surface area (Å²) in [5.74, 6) is -0.784. The van der Waals surface area contributed by atoms with E-state index in [1.165, 1.54) is 19.2 Å². The molecule has 5 nitrogen and oxygen atoms in total. The Bertz CT molecular complexity index is 902. The molecule has 0 radical (unpaired) electrons. The fourth-order valence-corrected chi connectivity index (χ4v) is 2.52. The zero-order chi connectivity index (χ0) is 16.4. The van der Waals surface area contributed by atoms with Crippen LogP contribution in [0.25, 0.3) is 10.9 Å². The number of fused-ring (bicyclic) bond motifs is 1. The van der Waals surface area contributed by atoms with Gasteiger partial charge in [0.2, 0.25) is 0 Å². The number of rotatable bonds is 3. The second-order valence-electron chi connectivity index (χ2n) is 4.92. The highest BCUT2D eigenvalue weighted by molar-refractivity contribution is 6.34. The Morgan fingerprint density at radius 2 is 1.96 bits per heavy atom. The van der Waals surface area contributed by atoms with E-state index in [0.717, 1.165) is 10.9 Å². The normalized spacial score (nSPS) is 10.5. The summed E-state index contributed by atoms with van der Waals surface area (Å²) in [4.78, 5) is 26.9. The molecular weight excluding hydrogens is 316 g/mol. The molecule has 0 bridgehead atoms. The lowest BCUT2D eigenvalue weighted by atomic mass is 10.1. The van der Waals surface area contributed by atoms with Gasteiger partial charge in [-0.15, -0.1) is 0 Å². The van der Waals surface area contributed by atoms with Gasteiger partial charge in [-0.25, -0.2) is 4.79 Å². The van der Waals surface area contributed by atoms with Crippen LogP contribution < -0.4 is 5.32 Å². The number of aromatic amines is 1. The van der Waals surface area contributed by atoms with E-state index in [1.807, 2.05) is 18.3 Å². The molecule has 6 heteroatoms. The number of carbonyl (C=O) groups is 2. The van der Waals surface area contributed by atoms with Gasteiger partial charge in [-0.05, 0) is 41.8 Å². The minimum atomic E-state index is -0.523. The van der Waals surface area contributed by atoms with Crippen molar-refractivity contribution < 1.29 is 14.3 Å². The van der Waals surface area contributed by atoms with Crippen LogP contribution in [0.15, 0.2) is 48.7 Å². The number of nitrogens with one attached hydrogen (secondary N) is 2. The highest BCUT2D eigenvalue weighted by Gasteiger charge is 2.13. The summed E-state index contributed by atoms with van der Waals surface area (Å²) in [5, 5.41) is 4.00. The number of anilines is 1. The van der Waals surface area contributed by atoms with Gasteiger partial charge >= 0.3 is 5.97 Å². The monoisotopic (exact) mass is 328 g/mol. The van der Waals surface area contributed by atoms with Crippen molar-refractivity contribution >= 4 is 40.1 Å². The molecule has 2 N–H and O–H groups in total. The molecule has 0 atom stereocenters. The largest absolute Gasteiger partial charge is 0.465 e. The van der Waals surface area contributed by atoms with Crippen molar-refractivity contribution in [3.8, 4) is 0 Å². The molecule has 0 fully saturated rings. The summed E-state index contributed by atoms with van der Waals surface area (Å²) in [7, 11) is 1.28. The van der Waals surface area contributed by atoms with E-state index in [9.17, 15) is 9.59 Å². The standard InChI is InChI=1S/C17H13ClN2O3/c1-23-17(22)13-5-4-12(9-14(13)18)20-16(21)11-3-2-10-6-7-19-15(10)8-11/h2-9,19H,1H3,(H,20,21). The number of esters is 1. The first-order chi connectivity index (χ1) is 11.1. The van der Waals surface area contributed by atoms with Crippen LogP contribution in [-0.4, -0.2) is 24.0 Å². The highest BCUT2D eigenvalue weighted by atomic mass is 35.5. The molecular formula is C17H13ClN2O3. The molecule has 1 heterocycles. The third-order valence-corrected chi connectivity index (χ3v) is 3.76. The number of hydrogen-bond acceptors (Lipinski definition) is 3. The van der Waals surface area contributed by atoms with Crippen LogP contribution in [0.3, 0.4) is 0 Å². The molecule has 3 aromatic rings.